The molecule has 7 nitrogen and oxygen atoms in total. The van der Waals surface area contributed by atoms with Crippen molar-refractivity contribution in [1.82, 2.24) is 14.8 Å². The minimum atomic E-state index is -1.10. The maximum absolute atomic E-state index is 11.9. The summed E-state index contributed by atoms with van der Waals surface area (Å²) in [4.78, 5) is 12.0. The van der Waals surface area contributed by atoms with Crippen LogP contribution in [0.25, 0.3) is 17.5 Å². The van der Waals surface area contributed by atoms with Crippen LogP contribution in [0.5, 0.6) is 11.5 Å². The Morgan fingerprint density at radius 3 is 2.45 bits per heavy atom. The molecule has 1 aromatic heterocycles. The molecule has 0 unspecified atom stereocenters. The molecule has 1 heterocycles. The molecule has 2 aromatic carbocycles. The molecule has 0 fully saturated rings. The van der Waals surface area contributed by atoms with Gasteiger partial charge < -0.3 is 19.1 Å². The second kappa shape index (κ2) is 10.1. The summed E-state index contributed by atoms with van der Waals surface area (Å²) in [5.41, 5.74) is 1.38. The summed E-state index contributed by atoms with van der Waals surface area (Å²) in [5, 5.41) is 19.6. The van der Waals surface area contributed by atoms with E-state index >= 15 is 0 Å². The molecule has 0 aliphatic heterocycles. The molecule has 0 aliphatic rings. The van der Waals surface area contributed by atoms with E-state index in [1.165, 1.54) is 20.3 Å². The van der Waals surface area contributed by atoms with E-state index in [9.17, 15) is 9.90 Å². The zero-order valence-electron chi connectivity index (χ0n) is 16.9. The lowest BCUT2D eigenvalue weighted by Crippen LogP contribution is -2.03. The van der Waals surface area contributed by atoms with E-state index in [1.54, 1.807) is 24.3 Å². The van der Waals surface area contributed by atoms with Crippen LogP contribution < -0.4 is 9.47 Å². The van der Waals surface area contributed by atoms with E-state index in [0.717, 1.165) is 17.3 Å². The van der Waals surface area contributed by atoms with Crippen molar-refractivity contribution in [2.45, 2.75) is 18.6 Å². The van der Waals surface area contributed by atoms with Gasteiger partial charge in [-0.15, -0.1) is 10.2 Å². The van der Waals surface area contributed by atoms with E-state index in [4.69, 9.17) is 32.7 Å². The highest BCUT2D eigenvalue weighted by Gasteiger charge is 2.19. The monoisotopic (exact) mass is 479 g/mol. The smallest absolute Gasteiger partial charge is 0.342 e. The first-order valence-corrected chi connectivity index (χ1v) is 10.7. The number of halogens is 2. The fraction of sp³-hybridized carbons (Fsp3) is 0.190. The molecule has 1 N–H and O–H groups in total. The lowest BCUT2D eigenvalue weighted by atomic mass is 10.2. The molecule has 0 bridgehead atoms. The van der Waals surface area contributed by atoms with Gasteiger partial charge in [0.15, 0.2) is 22.5 Å². The Morgan fingerprint density at radius 2 is 1.87 bits per heavy atom. The minimum absolute atomic E-state index is 0.0491. The number of carboxylic acid groups (broad SMARTS) is 1. The summed E-state index contributed by atoms with van der Waals surface area (Å²) in [5.74, 6) is 0.303. The van der Waals surface area contributed by atoms with Crippen LogP contribution in [-0.4, -0.2) is 40.1 Å². The number of aromatic nitrogens is 3. The number of rotatable bonds is 8. The van der Waals surface area contributed by atoms with Gasteiger partial charge in [0.05, 0.1) is 19.2 Å². The number of ether oxygens (including phenoxy) is 2. The Hall–Kier alpha value is -2.68. The number of aliphatic carboxylic acids is 1. The average Bonchev–Trinajstić information content (AvgIpc) is 3.15. The van der Waals surface area contributed by atoms with Gasteiger partial charge in [0.25, 0.3) is 0 Å². The van der Waals surface area contributed by atoms with Crippen molar-refractivity contribution in [1.29, 1.82) is 0 Å². The molecule has 10 heteroatoms. The first kappa shape index (κ1) is 23.0. The third-order valence-electron chi connectivity index (χ3n) is 4.30. The number of methoxy groups -OCH3 is 2. The first-order valence-electron chi connectivity index (χ1n) is 9.11. The molecule has 3 rings (SSSR count). The summed E-state index contributed by atoms with van der Waals surface area (Å²) in [6, 6.07) is 10.5. The quantitative estimate of drug-likeness (QED) is 0.336. The molecule has 0 aliphatic carbocycles. The Bertz CT molecular complexity index is 1130. The van der Waals surface area contributed by atoms with Crippen LogP contribution in [0.2, 0.25) is 10.0 Å². The van der Waals surface area contributed by atoms with Crippen molar-refractivity contribution in [3.63, 3.8) is 0 Å². The molecule has 0 spiro atoms. The maximum atomic E-state index is 11.9. The van der Waals surface area contributed by atoms with E-state index in [0.29, 0.717) is 44.6 Å². The van der Waals surface area contributed by atoms with Gasteiger partial charge >= 0.3 is 5.97 Å². The normalized spacial score (nSPS) is 11.5. The topological polar surface area (TPSA) is 86.5 Å². The number of nitrogens with zero attached hydrogens (tertiary/aromatic N) is 3. The lowest BCUT2D eigenvalue weighted by molar-refractivity contribution is -0.131. The molecule has 0 saturated heterocycles. The highest BCUT2D eigenvalue weighted by atomic mass is 35.5. The third-order valence-corrected chi connectivity index (χ3v) is 5.83. The Kier molecular flexibility index (Phi) is 7.48. The molecule has 0 amide bonds. The van der Waals surface area contributed by atoms with Gasteiger partial charge in [0, 0.05) is 17.1 Å². The van der Waals surface area contributed by atoms with Gasteiger partial charge in [0.2, 0.25) is 0 Å². The van der Waals surface area contributed by atoms with Crippen LogP contribution in [0.3, 0.4) is 0 Å². The average molecular weight is 480 g/mol. The SMILES string of the molecule is CCn1c(S/C(=C\c2cc(Cl)c(OC)c(OC)c2)C(=O)O)nnc1-c1ccc(Cl)cc1. The molecule has 0 atom stereocenters. The molecular formula is C21H19Cl2N3O4S. The van der Waals surface area contributed by atoms with Crippen molar-refractivity contribution in [2.75, 3.05) is 14.2 Å². The molecule has 0 saturated carbocycles. The lowest BCUT2D eigenvalue weighted by Gasteiger charge is -2.11. The number of hydrogen-bond donors (Lipinski definition) is 1. The number of benzene rings is 2. The second-order valence-electron chi connectivity index (χ2n) is 6.21. The predicted molar refractivity (Wildman–Crippen MR) is 122 cm³/mol. The summed E-state index contributed by atoms with van der Waals surface area (Å²) in [7, 11) is 2.96. The van der Waals surface area contributed by atoms with Gasteiger partial charge in [-0.2, -0.15) is 0 Å². The van der Waals surface area contributed by atoms with E-state index < -0.39 is 5.97 Å². The maximum Gasteiger partial charge on any atom is 0.342 e. The molecule has 3 aromatic rings. The van der Waals surface area contributed by atoms with Crippen molar-refractivity contribution in [3.05, 3.63) is 56.9 Å². The Labute approximate surface area is 193 Å². The summed E-state index contributed by atoms with van der Waals surface area (Å²) in [6.07, 6.45) is 1.50. The molecule has 0 radical (unpaired) electrons. The summed E-state index contributed by atoms with van der Waals surface area (Å²) < 4.78 is 12.3. The second-order valence-corrected chi connectivity index (χ2v) is 8.06. The van der Waals surface area contributed by atoms with Gasteiger partial charge in [-0.05, 0) is 66.7 Å². The van der Waals surface area contributed by atoms with Crippen molar-refractivity contribution in [2.24, 2.45) is 0 Å². The fourth-order valence-corrected chi connectivity index (χ4v) is 4.18. The van der Waals surface area contributed by atoms with E-state index in [-0.39, 0.29) is 4.91 Å². The molecular weight excluding hydrogens is 461 g/mol. The predicted octanol–water partition coefficient (Wildman–Crippen LogP) is 5.51. The zero-order valence-corrected chi connectivity index (χ0v) is 19.3. The number of hydrogen-bond acceptors (Lipinski definition) is 6. The summed E-state index contributed by atoms with van der Waals surface area (Å²) in [6.45, 7) is 2.49. The van der Waals surface area contributed by atoms with Crippen LogP contribution in [0, 0.1) is 0 Å². The summed E-state index contributed by atoms with van der Waals surface area (Å²) >= 11 is 13.2. The third kappa shape index (κ3) is 5.15. The zero-order chi connectivity index (χ0) is 22.5. The Morgan fingerprint density at radius 1 is 1.16 bits per heavy atom. The van der Waals surface area contributed by atoms with Crippen LogP contribution in [0.4, 0.5) is 0 Å². The van der Waals surface area contributed by atoms with Crippen molar-refractivity contribution in [3.8, 4) is 22.9 Å². The van der Waals surface area contributed by atoms with Crippen molar-refractivity contribution >= 4 is 47.0 Å². The number of thioether (sulfide) groups is 1. The van der Waals surface area contributed by atoms with Gasteiger partial charge in [-0.25, -0.2) is 4.79 Å². The highest BCUT2D eigenvalue weighted by Crippen LogP contribution is 2.38. The van der Waals surface area contributed by atoms with Crippen LogP contribution in [0.1, 0.15) is 12.5 Å². The van der Waals surface area contributed by atoms with Crippen LogP contribution in [-0.2, 0) is 11.3 Å². The largest absolute Gasteiger partial charge is 0.493 e. The molecule has 162 valence electrons. The Balaban J connectivity index is 1.98. The van der Waals surface area contributed by atoms with Crippen molar-refractivity contribution < 1.29 is 19.4 Å². The highest BCUT2D eigenvalue weighted by molar-refractivity contribution is 8.04. The van der Waals surface area contributed by atoms with Crippen LogP contribution >= 0.6 is 35.0 Å². The van der Waals surface area contributed by atoms with E-state index in [1.807, 2.05) is 23.6 Å². The van der Waals surface area contributed by atoms with Gasteiger partial charge in [-0.1, -0.05) is 23.2 Å². The van der Waals surface area contributed by atoms with Gasteiger partial charge in [-0.3, -0.25) is 0 Å². The minimum Gasteiger partial charge on any atom is -0.493 e. The number of carboxylic acids is 1. The van der Waals surface area contributed by atoms with Gasteiger partial charge in [0.1, 0.15) is 4.91 Å². The fourth-order valence-electron chi connectivity index (χ4n) is 2.87. The first-order chi connectivity index (χ1) is 14.9. The standard InChI is InChI=1S/C21H19Cl2N3O4S/c1-4-26-19(13-5-7-14(22)8-6-13)24-25-21(26)31-17(20(27)28)11-12-9-15(23)18(30-3)16(10-12)29-2/h5-11H,4H2,1-3H3,(H,27,28)/b17-11-. The number of carbonyl (C=O) groups is 1. The van der Waals surface area contributed by atoms with Crippen LogP contribution in [0.15, 0.2) is 46.5 Å². The van der Waals surface area contributed by atoms with E-state index in [2.05, 4.69) is 10.2 Å². The molecule has 31 heavy (non-hydrogen) atoms.